The minimum atomic E-state index is -0.451. The second kappa shape index (κ2) is 7.08. The van der Waals surface area contributed by atoms with E-state index in [1.165, 1.54) is 0 Å². The van der Waals surface area contributed by atoms with Crippen molar-refractivity contribution in [2.24, 2.45) is 5.92 Å². The first-order valence-corrected chi connectivity index (χ1v) is 8.65. The smallest absolute Gasteiger partial charge is 0.229 e. The van der Waals surface area contributed by atoms with Crippen LogP contribution in [-0.2, 0) is 9.59 Å². The number of nitriles is 1. The number of amides is 2. The molecule has 126 valence electrons. The summed E-state index contributed by atoms with van der Waals surface area (Å²) in [4.78, 5) is 26.5. The lowest BCUT2D eigenvalue weighted by atomic mass is 10.1. The lowest BCUT2D eigenvalue weighted by Gasteiger charge is -2.18. The summed E-state index contributed by atoms with van der Waals surface area (Å²) in [6, 6.07) is 14.6. The fourth-order valence-electron chi connectivity index (χ4n) is 2.87. The lowest BCUT2D eigenvalue weighted by Crippen LogP contribution is -2.28. The van der Waals surface area contributed by atoms with E-state index in [9.17, 15) is 9.59 Å². The quantitative estimate of drug-likeness (QED) is 0.859. The van der Waals surface area contributed by atoms with Crippen LogP contribution in [0, 0.1) is 24.2 Å². The van der Waals surface area contributed by atoms with E-state index < -0.39 is 5.92 Å². The number of carbonyl (C=O) groups is 2. The van der Waals surface area contributed by atoms with Crippen LogP contribution in [0.15, 0.2) is 46.9 Å². The fourth-order valence-corrected chi connectivity index (χ4v) is 3.58. The Bertz CT molecular complexity index is 888. The van der Waals surface area contributed by atoms with Gasteiger partial charge in [0, 0.05) is 17.4 Å². The molecule has 1 N–H and O–H groups in total. The third-order valence-corrected chi connectivity index (χ3v) is 4.83. The van der Waals surface area contributed by atoms with Gasteiger partial charge in [-0.1, -0.05) is 18.2 Å². The van der Waals surface area contributed by atoms with Gasteiger partial charge in [-0.05, 0) is 52.7 Å². The van der Waals surface area contributed by atoms with Crippen LogP contribution in [-0.4, -0.2) is 18.4 Å². The summed E-state index contributed by atoms with van der Waals surface area (Å²) in [5, 5.41) is 11.9. The van der Waals surface area contributed by atoms with Crippen molar-refractivity contribution in [2.75, 3.05) is 16.8 Å². The molecule has 1 heterocycles. The molecule has 0 radical (unpaired) electrons. The summed E-state index contributed by atoms with van der Waals surface area (Å²) < 4.78 is 0.830. The second-order valence-corrected chi connectivity index (χ2v) is 6.86. The SMILES string of the molecule is Cc1ccc(N2CC(C(=O)Nc3ccccc3C#N)CC2=O)c(Br)c1. The van der Waals surface area contributed by atoms with Crippen molar-refractivity contribution in [2.45, 2.75) is 13.3 Å². The maximum absolute atomic E-state index is 12.5. The Morgan fingerprint density at radius 2 is 2.08 bits per heavy atom. The largest absolute Gasteiger partial charge is 0.325 e. The number of carbonyl (C=O) groups excluding carboxylic acids is 2. The van der Waals surface area contributed by atoms with Gasteiger partial charge in [-0.2, -0.15) is 5.26 Å². The van der Waals surface area contributed by atoms with E-state index in [-0.39, 0.29) is 18.2 Å². The van der Waals surface area contributed by atoms with E-state index in [1.807, 2.05) is 31.2 Å². The van der Waals surface area contributed by atoms with Crippen LogP contribution in [0.5, 0.6) is 0 Å². The first-order chi connectivity index (χ1) is 12.0. The van der Waals surface area contributed by atoms with Gasteiger partial charge in [0.1, 0.15) is 6.07 Å². The molecule has 3 rings (SSSR count). The van der Waals surface area contributed by atoms with Crippen LogP contribution in [0.1, 0.15) is 17.5 Å². The number of halogens is 1. The average molecular weight is 398 g/mol. The summed E-state index contributed by atoms with van der Waals surface area (Å²) in [7, 11) is 0. The van der Waals surface area contributed by atoms with Crippen molar-refractivity contribution in [3.63, 3.8) is 0 Å². The average Bonchev–Trinajstić information content (AvgIpc) is 2.97. The number of hydrogen-bond donors (Lipinski definition) is 1. The third-order valence-electron chi connectivity index (χ3n) is 4.20. The van der Waals surface area contributed by atoms with Gasteiger partial charge in [-0.3, -0.25) is 9.59 Å². The van der Waals surface area contributed by atoms with Gasteiger partial charge < -0.3 is 10.2 Å². The van der Waals surface area contributed by atoms with E-state index in [1.54, 1.807) is 29.2 Å². The van der Waals surface area contributed by atoms with Crippen molar-refractivity contribution >= 4 is 39.1 Å². The normalized spacial score (nSPS) is 16.6. The molecule has 1 unspecified atom stereocenters. The molecule has 1 atom stereocenters. The van der Waals surface area contributed by atoms with Gasteiger partial charge in [0.2, 0.25) is 11.8 Å². The van der Waals surface area contributed by atoms with Crippen LogP contribution >= 0.6 is 15.9 Å². The summed E-state index contributed by atoms with van der Waals surface area (Å²) in [6.45, 7) is 2.30. The Labute approximate surface area is 154 Å². The van der Waals surface area contributed by atoms with Crippen molar-refractivity contribution in [1.29, 1.82) is 5.26 Å². The first kappa shape index (κ1) is 17.2. The highest BCUT2D eigenvalue weighted by molar-refractivity contribution is 9.10. The topological polar surface area (TPSA) is 73.2 Å². The molecule has 1 saturated heterocycles. The predicted molar refractivity (Wildman–Crippen MR) is 99.1 cm³/mol. The summed E-state index contributed by atoms with van der Waals surface area (Å²) in [5.74, 6) is -0.785. The Kier molecular flexibility index (Phi) is 4.86. The summed E-state index contributed by atoms with van der Waals surface area (Å²) >= 11 is 3.48. The molecule has 0 bridgehead atoms. The number of nitrogens with zero attached hydrogens (tertiary/aromatic N) is 2. The van der Waals surface area contributed by atoms with Crippen molar-refractivity contribution < 1.29 is 9.59 Å². The highest BCUT2D eigenvalue weighted by atomic mass is 79.9. The Balaban J connectivity index is 1.76. The Morgan fingerprint density at radius 1 is 1.32 bits per heavy atom. The lowest BCUT2D eigenvalue weighted by molar-refractivity contribution is -0.122. The molecule has 1 aliphatic rings. The molecule has 0 aromatic heterocycles. The molecular formula is C19H16BrN3O2. The molecule has 6 heteroatoms. The monoisotopic (exact) mass is 397 g/mol. The van der Waals surface area contributed by atoms with E-state index in [0.717, 1.165) is 15.7 Å². The van der Waals surface area contributed by atoms with Gasteiger partial charge in [0.05, 0.1) is 22.9 Å². The summed E-state index contributed by atoms with van der Waals surface area (Å²) in [6.07, 6.45) is 0.154. The first-order valence-electron chi connectivity index (χ1n) is 7.86. The molecule has 2 amide bonds. The van der Waals surface area contributed by atoms with Gasteiger partial charge >= 0.3 is 0 Å². The molecule has 1 aliphatic heterocycles. The number of hydrogen-bond acceptors (Lipinski definition) is 3. The fraction of sp³-hybridized carbons (Fsp3) is 0.211. The molecule has 0 saturated carbocycles. The maximum atomic E-state index is 12.5. The van der Waals surface area contributed by atoms with Crippen LogP contribution in [0.3, 0.4) is 0 Å². The van der Waals surface area contributed by atoms with Crippen LogP contribution in [0.2, 0.25) is 0 Å². The molecule has 2 aromatic carbocycles. The van der Waals surface area contributed by atoms with Gasteiger partial charge in [-0.25, -0.2) is 0 Å². The molecule has 0 aliphatic carbocycles. The van der Waals surface area contributed by atoms with Gasteiger partial charge in [0.25, 0.3) is 0 Å². The van der Waals surface area contributed by atoms with E-state index in [4.69, 9.17) is 5.26 Å². The van der Waals surface area contributed by atoms with Crippen molar-refractivity contribution in [3.05, 3.63) is 58.1 Å². The number of benzene rings is 2. The molecule has 1 fully saturated rings. The number of rotatable bonds is 3. The van der Waals surface area contributed by atoms with Gasteiger partial charge in [-0.15, -0.1) is 0 Å². The molecule has 25 heavy (non-hydrogen) atoms. The zero-order chi connectivity index (χ0) is 18.0. The minimum Gasteiger partial charge on any atom is -0.325 e. The zero-order valence-corrected chi connectivity index (χ0v) is 15.2. The minimum absolute atomic E-state index is 0.0849. The molecule has 5 nitrogen and oxygen atoms in total. The number of anilines is 2. The summed E-state index contributed by atoms with van der Waals surface area (Å²) in [5.41, 5.74) is 2.73. The highest BCUT2D eigenvalue weighted by Crippen LogP contribution is 2.32. The molecule has 2 aromatic rings. The van der Waals surface area contributed by atoms with E-state index in [0.29, 0.717) is 17.8 Å². The zero-order valence-electron chi connectivity index (χ0n) is 13.6. The van der Waals surface area contributed by atoms with E-state index in [2.05, 4.69) is 21.2 Å². The van der Waals surface area contributed by atoms with Crippen molar-refractivity contribution in [1.82, 2.24) is 0 Å². The maximum Gasteiger partial charge on any atom is 0.229 e. The Morgan fingerprint density at radius 3 is 2.80 bits per heavy atom. The van der Waals surface area contributed by atoms with Crippen LogP contribution in [0.25, 0.3) is 0 Å². The second-order valence-electron chi connectivity index (χ2n) is 6.01. The highest BCUT2D eigenvalue weighted by Gasteiger charge is 2.36. The molecular weight excluding hydrogens is 382 g/mol. The number of aryl methyl sites for hydroxylation is 1. The standard InChI is InChI=1S/C19H16BrN3O2/c1-12-6-7-17(15(20)8-12)23-11-14(9-18(23)24)19(25)22-16-5-3-2-4-13(16)10-21/h2-8,14H,9,11H2,1H3,(H,22,25). The number of para-hydroxylation sites is 1. The van der Waals surface area contributed by atoms with E-state index >= 15 is 0 Å². The van der Waals surface area contributed by atoms with Crippen molar-refractivity contribution in [3.8, 4) is 6.07 Å². The molecule has 0 spiro atoms. The van der Waals surface area contributed by atoms with Crippen LogP contribution in [0.4, 0.5) is 11.4 Å². The third kappa shape index (κ3) is 3.57. The predicted octanol–water partition coefficient (Wildman–Crippen LogP) is 3.62. The Hall–Kier alpha value is -2.65. The number of nitrogens with one attached hydrogen (secondary N) is 1. The van der Waals surface area contributed by atoms with Crippen LogP contribution < -0.4 is 10.2 Å². The van der Waals surface area contributed by atoms with Gasteiger partial charge in [0.15, 0.2) is 0 Å².